The van der Waals surface area contributed by atoms with Crippen LogP contribution in [0.15, 0.2) is 42.3 Å². The quantitative estimate of drug-likeness (QED) is 0.174. The molecule has 0 saturated heterocycles. The van der Waals surface area contributed by atoms with Crippen LogP contribution in [-0.2, 0) is 19.1 Å². The third kappa shape index (κ3) is 5.74. The summed E-state index contributed by atoms with van der Waals surface area (Å²) in [6, 6.07) is 4.30. The van der Waals surface area contributed by atoms with Gasteiger partial charge in [-0.3, -0.25) is 14.6 Å². The van der Waals surface area contributed by atoms with Crippen molar-refractivity contribution in [3.05, 3.63) is 47.8 Å². The summed E-state index contributed by atoms with van der Waals surface area (Å²) in [6.45, 7) is 5.03. The lowest BCUT2D eigenvalue weighted by Crippen LogP contribution is -2.50. The van der Waals surface area contributed by atoms with Gasteiger partial charge in [-0.25, -0.2) is 0 Å². The Balaban J connectivity index is 1.12. The molecule has 4 aliphatic carbocycles. The minimum absolute atomic E-state index is 0.0348. The normalized spacial score (nSPS) is 33.2. The number of methoxy groups -OCH3 is 1. The highest BCUT2D eigenvalue weighted by Crippen LogP contribution is 2.66. The smallest absolute Gasteiger partial charge is 0.306 e. The Morgan fingerprint density at radius 3 is 2.41 bits per heavy atom. The number of nitrogens with zero attached hydrogens (tertiary/aromatic N) is 1. The molecule has 1 heterocycles. The highest BCUT2D eigenvalue weighted by Gasteiger charge is 2.57. The molecule has 0 aromatic carbocycles. The molecule has 212 valence electrons. The minimum atomic E-state index is -0.141. The molecule has 0 N–H and O–H groups in total. The fourth-order valence-electron chi connectivity index (χ4n) is 8.68. The average Bonchev–Trinajstić information content (AvgIpc) is 3.30. The fourth-order valence-corrected chi connectivity index (χ4v) is 8.68. The second-order valence-electron chi connectivity index (χ2n) is 13.0. The lowest BCUT2D eigenvalue weighted by Gasteiger charge is -2.57. The zero-order valence-corrected chi connectivity index (χ0v) is 24.3. The summed E-state index contributed by atoms with van der Waals surface area (Å²) in [5.41, 5.74) is 4.88. The van der Waals surface area contributed by atoms with Crippen LogP contribution in [0.5, 0.6) is 0 Å². The zero-order chi connectivity index (χ0) is 27.5. The van der Waals surface area contributed by atoms with E-state index < -0.39 is 0 Å². The van der Waals surface area contributed by atoms with Gasteiger partial charge < -0.3 is 9.47 Å². The van der Waals surface area contributed by atoms with E-state index in [1.807, 2.05) is 12.4 Å². The van der Waals surface area contributed by atoms with E-state index >= 15 is 0 Å². The van der Waals surface area contributed by atoms with Crippen LogP contribution in [0.4, 0.5) is 0 Å². The molecular formula is C34H47NO4. The van der Waals surface area contributed by atoms with Gasteiger partial charge in [-0.1, -0.05) is 56.9 Å². The molecule has 5 heteroatoms. The average molecular weight is 534 g/mol. The number of hydrogen-bond donors (Lipinski definition) is 0. The lowest BCUT2D eigenvalue weighted by atomic mass is 9.47. The van der Waals surface area contributed by atoms with Crippen molar-refractivity contribution in [1.82, 2.24) is 4.98 Å². The van der Waals surface area contributed by atoms with Gasteiger partial charge in [-0.05, 0) is 97.2 Å². The van der Waals surface area contributed by atoms with Crippen LogP contribution in [0.3, 0.4) is 0 Å². The standard InChI is InChI=1S/C34H47NO4/c1-33-19-17-26(39-32(37)12-8-6-4-5-7-11-31(36)38-3)22-25(33)13-14-27-29-16-15-28(24-10-9-21-35-23-24)34(29,2)20-18-30(27)33/h9-10,13,15,21,23,26-27,29-30H,4-8,11-12,14,16-20,22H2,1-3H3/t26-,27?,29?,30?,33-,34+/m0/s1. The topological polar surface area (TPSA) is 65.5 Å². The summed E-state index contributed by atoms with van der Waals surface area (Å²) in [5.74, 6) is 1.99. The lowest BCUT2D eigenvalue weighted by molar-refractivity contribution is -0.151. The largest absolute Gasteiger partial charge is 0.469 e. The molecule has 0 spiro atoms. The van der Waals surface area contributed by atoms with Crippen LogP contribution in [0.2, 0.25) is 0 Å². The first-order chi connectivity index (χ1) is 18.8. The Hall–Kier alpha value is -2.43. The molecule has 0 amide bonds. The van der Waals surface area contributed by atoms with Crippen molar-refractivity contribution in [1.29, 1.82) is 0 Å². The molecule has 5 rings (SSSR count). The summed E-state index contributed by atoms with van der Waals surface area (Å²) in [6.07, 6.45) is 22.7. The number of carbonyl (C=O) groups is 2. The summed E-state index contributed by atoms with van der Waals surface area (Å²) < 4.78 is 10.7. The molecule has 1 aromatic heterocycles. The SMILES string of the molecule is COC(=O)CCCCCCCC(=O)O[C@H]1CC[C@@]2(C)C(=CCC3C2CC[C@]2(C)C(c4cccnc4)=CCC32)C1. The number of rotatable bonds is 10. The molecule has 39 heavy (non-hydrogen) atoms. The first-order valence-electron chi connectivity index (χ1n) is 15.4. The second-order valence-corrected chi connectivity index (χ2v) is 13.0. The summed E-state index contributed by atoms with van der Waals surface area (Å²) in [7, 11) is 1.43. The van der Waals surface area contributed by atoms with Gasteiger partial charge in [0.05, 0.1) is 7.11 Å². The maximum Gasteiger partial charge on any atom is 0.306 e. The van der Waals surface area contributed by atoms with Gasteiger partial charge in [0.1, 0.15) is 6.10 Å². The maximum atomic E-state index is 12.6. The molecule has 2 fully saturated rings. The maximum absolute atomic E-state index is 12.6. The predicted molar refractivity (Wildman–Crippen MR) is 154 cm³/mol. The molecule has 3 unspecified atom stereocenters. The Bertz CT molecular complexity index is 1090. The summed E-state index contributed by atoms with van der Waals surface area (Å²) in [5, 5.41) is 0. The van der Waals surface area contributed by atoms with Gasteiger partial charge in [-0.15, -0.1) is 0 Å². The van der Waals surface area contributed by atoms with E-state index in [-0.39, 0.29) is 28.9 Å². The van der Waals surface area contributed by atoms with Gasteiger partial charge >= 0.3 is 11.9 Å². The van der Waals surface area contributed by atoms with Gasteiger partial charge in [0.2, 0.25) is 0 Å². The Morgan fingerprint density at radius 2 is 1.67 bits per heavy atom. The van der Waals surface area contributed by atoms with E-state index in [0.29, 0.717) is 18.8 Å². The van der Waals surface area contributed by atoms with Crippen molar-refractivity contribution in [2.75, 3.05) is 7.11 Å². The zero-order valence-electron chi connectivity index (χ0n) is 24.3. The first kappa shape index (κ1) is 28.1. The minimum Gasteiger partial charge on any atom is -0.469 e. The number of aromatic nitrogens is 1. The summed E-state index contributed by atoms with van der Waals surface area (Å²) >= 11 is 0. The van der Waals surface area contributed by atoms with Crippen LogP contribution < -0.4 is 0 Å². The summed E-state index contributed by atoms with van der Waals surface area (Å²) in [4.78, 5) is 28.2. The number of allylic oxidation sites excluding steroid dienone is 3. The van der Waals surface area contributed by atoms with E-state index in [2.05, 4.69) is 47.9 Å². The van der Waals surface area contributed by atoms with Crippen LogP contribution >= 0.6 is 0 Å². The third-order valence-electron chi connectivity index (χ3n) is 10.9. The third-order valence-corrected chi connectivity index (χ3v) is 10.9. The number of unbranched alkanes of at least 4 members (excludes halogenated alkanes) is 4. The van der Waals surface area contributed by atoms with E-state index in [4.69, 9.17) is 4.74 Å². The Labute approximate surface area is 234 Å². The van der Waals surface area contributed by atoms with Crippen molar-refractivity contribution < 1.29 is 19.1 Å². The van der Waals surface area contributed by atoms with Crippen LogP contribution in [-0.4, -0.2) is 30.1 Å². The molecule has 5 nitrogen and oxygen atoms in total. The predicted octanol–water partition coefficient (Wildman–Crippen LogP) is 7.85. The molecule has 2 saturated carbocycles. The van der Waals surface area contributed by atoms with Crippen LogP contribution in [0.25, 0.3) is 5.57 Å². The Morgan fingerprint density at radius 1 is 0.923 bits per heavy atom. The number of carbonyl (C=O) groups excluding carboxylic acids is 2. The van der Waals surface area contributed by atoms with Crippen molar-refractivity contribution >= 4 is 17.5 Å². The first-order valence-corrected chi connectivity index (χ1v) is 15.4. The molecule has 4 aliphatic rings. The number of ether oxygens (including phenoxy) is 2. The number of pyridine rings is 1. The number of esters is 2. The van der Waals surface area contributed by atoms with Crippen molar-refractivity contribution in [2.24, 2.45) is 28.6 Å². The van der Waals surface area contributed by atoms with Crippen molar-refractivity contribution in [3.8, 4) is 0 Å². The number of fused-ring (bicyclic) bond motifs is 5. The van der Waals surface area contributed by atoms with Crippen LogP contribution in [0.1, 0.15) is 109 Å². The monoisotopic (exact) mass is 533 g/mol. The molecule has 0 radical (unpaired) electrons. The van der Waals surface area contributed by atoms with Gasteiger partial charge in [0.15, 0.2) is 0 Å². The molecule has 1 aromatic rings. The Kier molecular flexibility index (Phi) is 8.63. The highest BCUT2D eigenvalue weighted by atomic mass is 16.5. The fraction of sp³-hybridized carbons (Fsp3) is 0.676. The molecular weight excluding hydrogens is 486 g/mol. The van der Waals surface area contributed by atoms with Gasteiger partial charge in [0.25, 0.3) is 0 Å². The van der Waals surface area contributed by atoms with Crippen LogP contribution in [0, 0.1) is 28.6 Å². The highest BCUT2D eigenvalue weighted by molar-refractivity contribution is 5.72. The van der Waals surface area contributed by atoms with E-state index in [9.17, 15) is 9.59 Å². The van der Waals surface area contributed by atoms with Gasteiger partial charge in [-0.2, -0.15) is 0 Å². The number of hydrogen-bond acceptors (Lipinski definition) is 5. The van der Waals surface area contributed by atoms with Crippen molar-refractivity contribution in [2.45, 2.75) is 110 Å². The molecule has 0 aliphatic heterocycles. The molecule has 6 atom stereocenters. The second kappa shape index (κ2) is 12.0. The van der Waals surface area contributed by atoms with Crippen molar-refractivity contribution in [3.63, 3.8) is 0 Å². The van der Waals surface area contributed by atoms with E-state index in [1.165, 1.54) is 43.9 Å². The molecule has 0 bridgehead atoms. The van der Waals surface area contributed by atoms with E-state index in [0.717, 1.165) is 63.2 Å². The van der Waals surface area contributed by atoms with E-state index in [1.54, 1.807) is 5.57 Å². The van der Waals surface area contributed by atoms with Gasteiger partial charge in [0, 0.05) is 31.7 Å².